The normalized spacial score (nSPS) is 13.0. The van der Waals surface area contributed by atoms with Crippen LogP contribution in [0, 0.1) is 0 Å². The standard InChI is InChI=1S/C44H26BNO/c1-3-13-31-27(10-1)12-9-18-39(31)46-40-26-30(29-21-23-42-35(24-29)34-16-6-8-19-41(34)47-42)25-36-33-15-5-7-17-37(33)45(43(36)40)38-22-20-28-11-2-4-14-32(28)44(38)46/h1-26H. The van der Waals surface area contributed by atoms with E-state index >= 15 is 0 Å². The molecule has 0 spiro atoms. The minimum absolute atomic E-state index is 0.163. The molecule has 1 aromatic heterocycles. The average molecular weight is 596 g/mol. The first-order valence-electron chi connectivity index (χ1n) is 16.3. The Bertz CT molecular complexity index is 2770. The molecule has 0 amide bonds. The lowest BCUT2D eigenvalue weighted by molar-refractivity contribution is 0.669. The molecule has 3 heteroatoms. The van der Waals surface area contributed by atoms with Crippen molar-refractivity contribution in [1.82, 2.24) is 0 Å². The third-order valence-corrected chi connectivity index (χ3v) is 10.4. The summed E-state index contributed by atoms with van der Waals surface area (Å²) in [4.78, 5) is 2.57. The van der Waals surface area contributed by atoms with E-state index in [1.165, 1.54) is 77.2 Å². The fourth-order valence-electron chi connectivity index (χ4n) is 8.42. The topological polar surface area (TPSA) is 16.4 Å². The second-order valence-electron chi connectivity index (χ2n) is 12.8. The monoisotopic (exact) mass is 595 g/mol. The van der Waals surface area contributed by atoms with Crippen molar-refractivity contribution in [2.75, 3.05) is 4.90 Å². The van der Waals surface area contributed by atoms with Gasteiger partial charge in [0.25, 0.3) is 0 Å². The zero-order valence-corrected chi connectivity index (χ0v) is 25.4. The molecule has 2 aliphatic rings. The number of anilines is 3. The van der Waals surface area contributed by atoms with Crippen LogP contribution in [-0.4, -0.2) is 6.71 Å². The van der Waals surface area contributed by atoms with Crippen LogP contribution in [0.25, 0.3) is 65.7 Å². The van der Waals surface area contributed by atoms with Crippen molar-refractivity contribution >= 4 is 83.6 Å². The maximum Gasteiger partial charge on any atom is 0.248 e. The highest BCUT2D eigenvalue weighted by molar-refractivity contribution is 7.01. The summed E-state index contributed by atoms with van der Waals surface area (Å²) in [5, 5.41) is 7.30. The lowest BCUT2D eigenvalue weighted by Crippen LogP contribution is -2.54. The fraction of sp³-hybridized carbons (Fsp3) is 0. The number of para-hydroxylation sites is 1. The van der Waals surface area contributed by atoms with Crippen molar-refractivity contribution in [1.29, 1.82) is 0 Å². The van der Waals surface area contributed by atoms with Gasteiger partial charge in [-0.05, 0) is 80.4 Å². The Balaban J connectivity index is 1.27. The quantitative estimate of drug-likeness (QED) is 0.185. The molecule has 2 nitrogen and oxygen atoms in total. The lowest BCUT2D eigenvalue weighted by atomic mass is 9.37. The van der Waals surface area contributed by atoms with Gasteiger partial charge in [0.2, 0.25) is 6.71 Å². The third kappa shape index (κ3) is 3.41. The molecule has 216 valence electrons. The number of hydrogen-bond acceptors (Lipinski definition) is 2. The van der Waals surface area contributed by atoms with Crippen LogP contribution >= 0.6 is 0 Å². The molecule has 47 heavy (non-hydrogen) atoms. The SMILES string of the molecule is c1ccc2c(c1)B1c3ccc4ccccc4c3N(c3cccc4ccccc34)c3cc(-c4ccc5oc6ccccc6c5c4)cc-2c31. The number of hydrogen-bond donors (Lipinski definition) is 0. The maximum atomic E-state index is 6.22. The molecule has 8 aromatic carbocycles. The first-order valence-corrected chi connectivity index (χ1v) is 16.3. The Hall–Kier alpha value is -6.06. The first kappa shape index (κ1) is 25.2. The van der Waals surface area contributed by atoms with Gasteiger partial charge in [0.05, 0.1) is 5.69 Å². The highest BCUT2D eigenvalue weighted by atomic mass is 16.3. The average Bonchev–Trinajstić information content (AvgIpc) is 3.68. The molecule has 0 fully saturated rings. The second kappa shape index (κ2) is 9.25. The molecule has 11 rings (SSSR count). The van der Waals surface area contributed by atoms with Gasteiger partial charge in [0.15, 0.2) is 0 Å². The molecular weight excluding hydrogens is 569 g/mol. The van der Waals surface area contributed by atoms with Crippen LogP contribution in [0.3, 0.4) is 0 Å². The summed E-state index contributed by atoms with van der Waals surface area (Å²) in [7, 11) is 0. The number of rotatable bonds is 2. The first-order chi connectivity index (χ1) is 23.3. The van der Waals surface area contributed by atoms with E-state index in [1.54, 1.807) is 0 Å². The zero-order valence-electron chi connectivity index (χ0n) is 25.4. The van der Waals surface area contributed by atoms with Gasteiger partial charge in [-0.25, -0.2) is 0 Å². The van der Waals surface area contributed by atoms with Crippen molar-refractivity contribution < 1.29 is 4.42 Å². The molecular formula is C44H26BNO. The third-order valence-electron chi connectivity index (χ3n) is 10.4. The zero-order chi connectivity index (χ0) is 30.6. The minimum atomic E-state index is 0.163. The Morgan fingerprint density at radius 3 is 2.06 bits per heavy atom. The molecule has 0 atom stereocenters. The largest absolute Gasteiger partial charge is 0.456 e. The predicted octanol–water partition coefficient (Wildman–Crippen LogP) is 9.84. The highest BCUT2D eigenvalue weighted by Gasteiger charge is 2.43. The molecule has 0 radical (unpaired) electrons. The Kier molecular flexibility index (Phi) is 4.95. The van der Waals surface area contributed by atoms with Crippen molar-refractivity contribution in [3.8, 4) is 22.3 Å². The van der Waals surface area contributed by atoms with E-state index in [0.29, 0.717) is 0 Å². The van der Waals surface area contributed by atoms with E-state index in [-0.39, 0.29) is 6.71 Å². The van der Waals surface area contributed by atoms with E-state index in [1.807, 2.05) is 6.07 Å². The summed E-state index contributed by atoms with van der Waals surface area (Å²) < 4.78 is 6.22. The van der Waals surface area contributed by atoms with Gasteiger partial charge in [-0.15, -0.1) is 0 Å². The van der Waals surface area contributed by atoms with Crippen LogP contribution < -0.4 is 21.3 Å². The molecule has 0 saturated carbocycles. The van der Waals surface area contributed by atoms with E-state index in [0.717, 1.165) is 21.9 Å². The van der Waals surface area contributed by atoms with Crippen molar-refractivity contribution in [2.24, 2.45) is 0 Å². The van der Waals surface area contributed by atoms with Crippen LogP contribution in [0.1, 0.15) is 0 Å². The van der Waals surface area contributed by atoms with Crippen molar-refractivity contribution in [3.05, 3.63) is 158 Å². The van der Waals surface area contributed by atoms with E-state index < -0.39 is 0 Å². The summed E-state index contributed by atoms with van der Waals surface area (Å²) >= 11 is 0. The lowest BCUT2D eigenvalue weighted by Gasteiger charge is -2.37. The maximum absolute atomic E-state index is 6.22. The van der Waals surface area contributed by atoms with Crippen LogP contribution in [0.4, 0.5) is 17.1 Å². The molecule has 0 aliphatic carbocycles. The van der Waals surface area contributed by atoms with Gasteiger partial charge >= 0.3 is 0 Å². The van der Waals surface area contributed by atoms with Gasteiger partial charge in [0.1, 0.15) is 11.2 Å². The Labute approximate surface area is 272 Å². The number of benzene rings is 8. The molecule has 0 saturated heterocycles. The van der Waals surface area contributed by atoms with Crippen LogP contribution in [0.15, 0.2) is 162 Å². The van der Waals surface area contributed by atoms with Crippen LogP contribution in [-0.2, 0) is 0 Å². The number of furan rings is 1. The van der Waals surface area contributed by atoms with E-state index in [9.17, 15) is 0 Å². The summed E-state index contributed by atoms with van der Waals surface area (Å²) in [6, 6.07) is 57.9. The Morgan fingerprint density at radius 2 is 1.15 bits per heavy atom. The van der Waals surface area contributed by atoms with E-state index in [4.69, 9.17) is 4.42 Å². The number of fused-ring (bicyclic) bond motifs is 11. The van der Waals surface area contributed by atoms with Gasteiger partial charge < -0.3 is 9.32 Å². The van der Waals surface area contributed by atoms with Gasteiger partial charge in [-0.2, -0.15) is 0 Å². The summed E-state index contributed by atoms with van der Waals surface area (Å²) in [5.74, 6) is 0. The molecule has 3 heterocycles. The predicted molar refractivity (Wildman–Crippen MR) is 199 cm³/mol. The van der Waals surface area contributed by atoms with Gasteiger partial charge in [0, 0.05) is 32.9 Å². The molecule has 0 bridgehead atoms. The molecule has 0 N–H and O–H groups in total. The highest BCUT2D eigenvalue weighted by Crippen LogP contribution is 2.47. The minimum Gasteiger partial charge on any atom is -0.456 e. The van der Waals surface area contributed by atoms with E-state index in [2.05, 4.69) is 157 Å². The Morgan fingerprint density at radius 1 is 0.426 bits per heavy atom. The van der Waals surface area contributed by atoms with Gasteiger partial charge in [-0.1, -0.05) is 127 Å². The summed E-state index contributed by atoms with van der Waals surface area (Å²) in [6.07, 6.45) is 0. The fourth-order valence-corrected chi connectivity index (χ4v) is 8.42. The van der Waals surface area contributed by atoms with Gasteiger partial charge in [-0.3, -0.25) is 0 Å². The van der Waals surface area contributed by atoms with Crippen molar-refractivity contribution in [3.63, 3.8) is 0 Å². The van der Waals surface area contributed by atoms with Crippen molar-refractivity contribution in [2.45, 2.75) is 0 Å². The second-order valence-corrected chi connectivity index (χ2v) is 12.8. The smallest absolute Gasteiger partial charge is 0.248 e. The van der Waals surface area contributed by atoms with Crippen LogP contribution in [0.5, 0.6) is 0 Å². The van der Waals surface area contributed by atoms with Crippen LogP contribution in [0.2, 0.25) is 0 Å². The number of nitrogens with zero attached hydrogens (tertiary/aromatic N) is 1. The molecule has 0 unspecified atom stereocenters. The summed E-state index contributed by atoms with van der Waals surface area (Å²) in [5.41, 5.74) is 14.7. The molecule has 9 aromatic rings. The summed E-state index contributed by atoms with van der Waals surface area (Å²) in [6.45, 7) is 0.163. The molecule has 2 aliphatic heterocycles.